The van der Waals surface area contributed by atoms with Crippen LogP contribution in [0.25, 0.3) is 0 Å². The summed E-state index contributed by atoms with van der Waals surface area (Å²) in [5.74, 6) is 0.308. The Morgan fingerprint density at radius 2 is 2.40 bits per heavy atom. The zero-order valence-electron chi connectivity index (χ0n) is 8.32. The maximum Gasteiger partial charge on any atom is 0.223 e. The molecule has 0 aromatic carbocycles. The van der Waals surface area contributed by atoms with Gasteiger partial charge in [-0.3, -0.25) is 4.79 Å². The van der Waals surface area contributed by atoms with Gasteiger partial charge in [0.25, 0.3) is 0 Å². The monoisotopic (exact) mass is 205 g/mol. The van der Waals surface area contributed by atoms with Gasteiger partial charge < -0.3 is 10.6 Å². The average molecular weight is 205 g/mol. The number of carbonyl (C=O) groups excluding carboxylic acids is 1. The zero-order valence-corrected chi connectivity index (χ0v) is 8.32. The highest BCUT2D eigenvalue weighted by Crippen LogP contribution is 1.97. The van der Waals surface area contributed by atoms with E-state index in [1.165, 1.54) is 19.2 Å². The van der Waals surface area contributed by atoms with Crippen LogP contribution < -0.4 is 10.6 Å². The first-order chi connectivity index (χ1) is 7.22. The van der Waals surface area contributed by atoms with Crippen LogP contribution in [0, 0.1) is 11.3 Å². The maximum absolute atomic E-state index is 10.5. The van der Waals surface area contributed by atoms with E-state index in [-0.39, 0.29) is 5.91 Å². The Bertz CT molecular complexity index is 384. The Morgan fingerprint density at radius 3 is 3.07 bits per heavy atom. The van der Waals surface area contributed by atoms with Crippen LogP contribution in [0.15, 0.2) is 12.3 Å². The Kier molecular flexibility index (Phi) is 4.04. The summed E-state index contributed by atoms with van der Waals surface area (Å²) in [6.07, 6.45) is 1.51. The molecule has 0 aliphatic heterocycles. The number of nitrogens with one attached hydrogen (secondary N) is 2. The molecule has 0 atom stereocenters. The van der Waals surface area contributed by atoms with E-state index < -0.39 is 0 Å². The van der Waals surface area contributed by atoms with Crippen molar-refractivity contribution in [2.24, 2.45) is 0 Å². The van der Waals surface area contributed by atoms with Crippen LogP contribution in [0.2, 0.25) is 0 Å². The molecule has 0 unspecified atom stereocenters. The van der Waals surface area contributed by atoms with Gasteiger partial charge in [0.1, 0.15) is 11.8 Å². The quantitative estimate of drug-likeness (QED) is 0.669. The summed E-state index contributed by atoms with van der Waals surface area (Å²) in [6.45, 7) is 2.47. The van der Waals surface area contributed by atoms with Crippen LogP contribution in [0.1, 0.15) is 12.6 Å². The molecule has 6 heteroatoms. The Morgan fingerprint density at radius 1 is 1.60 bits per heavy atom. The Labute approximate surface area is 87.3 Å². The van der Waals surface area contributed by atoms with Gasteiger partial charge in [0.05, 0.1) is 0 Å². The molecule has 0 radical (unpaired) electrons. The van der Waals surface area contributed by atoms with E-state index in [0.29, 0.717) is 24.7 Å². The molecule has 15 heavy (non-hydrogen) atoms. The first-order valence-corrected chi connectivity index (χ1v) is 4.44. The fourth-order valence-corrected chi connectivity index (χ4v) is 0.919. The molecule has 0 saturated heterocycles. The number of rotatable bonds is 4. The summed E-state index contributed by atoms with van der Waals surface area (Å²) in [5.41, 5.74) is 0.312. The van der Waals surface area contributed by atoms with Gasteiger partial charge in [0.2, 0.25) is 11.9 Å². The highest BCUT2D eigenvalue weighted by atomic mass is 16.1. The van der Waals surface area contributed by atoms with Crippen LogP contribution in [0.5, 0.6) is 0 Å². The molecule has 1 amide bonds. The number of carbonyl (C=O) groups is 1. The molecule has 1 heterocycles. The van der Waals surface area contributed by atoms with Crippen LogP contribution in [0.4, 0.5) is 5.95 Å². The second kappa shape index (κ2) is 5.54. The smallest absolute Gasteiger partial charge is 0.223 e. The van der Waals surface area contributed by atoms with Crippen LogP contribution >= 0.6 is 0 Å². The lowest BCUT2D eigenvalue weighted by molar-refractivity contribution is -0.118. The van der Waals surface area contributed by atoms with Crippen molar-refractivity contribution in [1.82, 2.24) is 15.3 Å². The first-order valence-electron chi connectivity index (χ1n) is 4.44. The van der Waals surface area contributed by atoms with Crippen molar-refractivity contribution in [2.75, 3.05) is 18.4 Å². The summed E-state index contributed by atoms with van der Waals surface area (Å²) in [4.78, 5) is 18.4. The van der Waals surface area contributed by atoms with Crippen molar-refractivity contribution in [3.05, 3.63) is 18.0 Å². The average Bonchev–Trinajstić information content (AvgIpc) is 2.24. The molecule has 6 nitrogen and oxygen atoms in total. The maximum atomic E-state index is 10.5. The van der Waals surface area contributed by atoms with Crippen molar-refractivity contribution < 1.29 is 4.79 Å². The highest BCUT2D eigenvalue weighted by molar-refractivity contribution is 5.72. The summed E-state index contributed by atoms with van der Waals surface area (Å²) in [5, 5.41) is 14.1. The van der Waals surface area contributed by atoms with Gasteiger partial charge in [0, 0.05) is 26.2 Å². The molecule has 0 saturated carbocycles. The number of hydrogen-bond donors (Lipinski definition) is 2. The van der Waals surface area contributed by atoms with Crippen molar-refractivity contribution in [3.63, 3.8) is 0 Å². The van der Waals surface area contributed by atoms with E-state index in [0.717, 1.165) is 0 Å². The molecular weight excluding hydrogens is 194 g/mol. The van der Waals surface area contributed by atoms with Crippen molar-refractivity contribution in [3.8, 4) is 6.07 Å². The molecule has 0 aliphatic carbocycles. The van der Waals surface area contributed by atoms with Crippen molar-refractivity contribution >= 4 is 11.9 Å². The summed E-state index contributed by atoms with van der Waals surface area (Å²) in [6, 6.07) is 3.44. The topological polar surface area (TPSA) is 90.7 Å². The van der Waals surface area contributed by atoms with Crippen LogP contribution in [-0.4, -0.2) is 29.0 Å². The lowest BCUT2D eigenvalue weighted by Gasteiger charge is -2.04. The van der Waals surface area contributed by atoms with Gasteiger partial charge in [-0.1, -0.05) is 0 Å². The number of nitriles is 1. The molecular formula is C9H11N5O. The second-order valence-corrected chi connectivity index (χ2v) is 2.79. The van der Waals surface area contributed by atoms with E-state index in [4.69, 9.17) is 5.26 Å². The minimum absolute atomic E-state index is 0.0801. The predicted octanol–water partition coefficient (Wildman–Crippen LogP) is -0.104. The largest absolute Gasteiger partial charge is 0.355 e. The Balaban J connectivity index is 2.38. The lowest BCUT2D eigenvalue weighted by Crippen LogP contribution is -2.26. The molecule has 1 aromatic heterocycles. The third-order valence-corrected chi connectivity index (χ3v) is 1.55. The third-order valence-electron chi connectivity index (χ3n) is 1.55. The lowest BCUT2D eigenvalue weighted by atomic mass is 10.4. The Hall–Kier alpha value is -2.16. The molecule has 0 spiro atoms. The zero-order chi connectivity index (χ0) is 11.1. The van der Waals surface area contributed by atoms with E-state index in [1.54, 1.807) is 0 Å². The van der Waals surface area contributed by atoms with Crippen molar-refractivity contribution in [1.29, 1.82) is 5.26 Å². The number of hydrogen-bond acceptors (Lipinski definition) is 5. The minimum atomic E-state index is -0.0801. The summed E-state index contributed by atoms with van der Waals surface area (Å²) < 4.78 is 0. The molecule has 78 valence electrons. The van der Waals surface area contributed by atoms with Gasteiger partial charge in [-0.25, -0.2) is 9.97 Å². The summed E-state index contributed by atoms with van der Waals surface area (Å²) in [7, 11) is 0. The fourth-order valence-electron chi connectivity index (χ4n) is 0.919. The molecule has 1 rings (SSSR count). The molecule has 0 aliphatic rings. The normalized spacial score (nSPS) is 9.07. The number of aromatic nitrogens is 2. The van der Waals surface area contributed by atoms with Gasteiger partial charge in [-0.2, -0.15) is 5.26 Å². The molecule has 0 fully saturated rings. The van der Waals surface area contributed by atoms with Crippen molar-refractivity contribution in [2.45, 2.75) is 6.92 Å². The predicted molar refractivity (Wildman–Crippen MR) is 53.9 cm³/mol. The number of nitrogens with zero attached hydrogens (tertiary/aromatic N) is 3. The van der Waals surface area contributed by atoms with Crippen LogP contribution in [-0.2, 0) is 4.79 Å². The summed E-state index contributed by atoms with van der Waals surface area (Å²) >= 11 is 0. The SMILES string of the molecule is CC(=O)NCCNc1nccc(C#N)n1. The fraction of sp³-hybridized carbons (Fsp3) is 0.333. The highest BCUT2D eigenvalue weighted by Gasteiger charge is 1.97. The van der Waals surface area contributed by atoms with E-state index in [2.05, 4.69) is 20.6 Å². The molecule has 0 bridgehead atoms. The van der Waals surface area contributed by atoms with Crippen LogP contribution in [0.3, 0.4) is 0 Å². The number of anilines is 1. The van der Waals surface area contributed by atoms with Gasteiger partial charge in [-0.15, -0.1) is 0 Å². The molecule has 1 aromatic rings. The minimum Gasteiger partial charge on any atom is -0.355 e. The number of amides is 1. The van der Waals surface area contributed by atoms with E-state index in [1.807, 2.05) is 6.07 Å². The van der Waals surface area contributed by atoms with Gasteiger partial charge >= 0.3 is 0 Å². The van der Waals surface area contributed by atoms with E-state index in [9.17, 15) is 4.79 Å². The second-order valence-electron chi connectivity index (χ2n) is 2.79. The van der Waals surface area contributed by atoms with E-state index >= 15 is 0 Å². The van der Waals surface area contributed by atoms with Gasteiger partial charge in [-0.05, 0) is 6.07 Å². The molecule has 2 N–H and O–H groups in total. The third kappa shape index (κ3) is 4.04. The first kappa shape index (κ1) is 10.9. The van der Waals surface area contributed by atoms with Gasteiger partial charge in [0.15, 0.2) is 0 Å². The standard InChI is InChI=1S/C9H11N5O/c1-7(15)11-4-5-13-9-12-3-2-8(6-10)14-9/h2-3H,4-5H2,1H3,(H,11,15)(H,12,13,14).